The Bertz CT molecular complexity index is 3550. The number of fused-ring (bicyclic) bond motifs is 8. The molecule has 276 valence electrons. The van der Waals surface area contributed by atoms with E-state index in [9.17, 15) is 0 Å². The number of aromatic nitrogens is 6. The zero-order chi connectivity index (χ0) is 38.9. The summed E-state index contributed by atoms with van der Waals surface area (Å²) < 4.78 is 11.1. The summed E-state index contributed by atoms with van der Waals surface area (Å²) in [5.74, 6) is 2.28. The van der Waals surface area contributed by atoms with Gasteiger partial charge in [-0.05, 0) is 66.7 Å². The van der Waals surface area contributed by atoms with E-state index >= 15 is 0 Å². The van der Waals surface area contributed by atoms with Crippen molar-refractivity contribution in [2.45, 2.75) is 0 Å². The molecule has 0 radical (unpaired) electrons. The summed E-state index contributed by atoms with van der Waals surface area (Å²) in [4.78, 5) is 20.0. The van der Waals surface area contributed by atoms with Gasteiger partial charge in [0.15, 0.2) is 23.1 Å². The predicted octanol–water partition coefficient (Wildman–Crippen LogP) is 12.9. The van der Waals surface area contributed by atoms with Crippen molar-refractivity contribution in [1.29, 1.82) is 0 Å². The van der Waals surface area contributed by atoms with Crippen LogP contribution in [0.4, 0.5) is 0 Å². The first kappa shape index (κ1) is 33.0. The van der Waals surface area contributed by atoms with Crippen molar-refractivity contribution in [2.75, 3.05) is 0 Å². The summed E-state index contributed by atoms with van der Waals surface area (Å²) in [5.41, 5.74) is 11.6. The quantitative estimate of drug-likeness (QED) is 0.169. The van der Waals surface area contributed by atoms with Crippen molar-refractivity contribution in [1.82, 2.24) is 29.1 Å². The van der Waals surface area contributed by atoms with Gasteiger partial charge in [0.05, 0.1) is 22.1 Å². The molecule has 0 aliphatic heterocycles. The third-order valence-corrected chi connectivity index (χ3v) is 11.2. The summed E-state index contributed by atoms with van der Waals surface area (Å²) in [6.07, 6.45) is 0. The highest BCUT2D eigenvalue weighted by molar-refractivity contribution is 6.23. The van der Waals surface area contributed by atoms with E-state index in [4.69, 9.17) is 24.4 Å². The van der Waals surface area contributed by atoms with Crippen LogP contribution in [0.5, 0.6) is 0 Å². The molecular weight excluding hydrogens is 725 g/mol. The van der Waals surface area contributed by atoms with Crippen LogP contribution in [0.3, 0.4) is 0 Å². The van der Waals surface area contributed by atoms with Crippen LogP contribution < -0.4 is 0 Å². The first-order valence-corrected chi connectivity index (χ1v) is 19.6. The molecule has 0 amide bonds. The smallest absolute Gasteiger partial charge is 0.227 e. The average molecular weight is 757 g/mol. The molecule has 0 aliphatic carbocycles. The molecule has 0 unspecified atom stereocenters. The molecular formula is C52H32N6O. The van der Waals surface area contributed by atoms with Crippen molar-refractivity contribution in [3.8, 4) is 57.0 Å². The first-order valence-electron chi connectivity index (χ1n) is 19.6. The monoisotopic (exact) mass is 756 g/mol. The second-order valence-electron chi connectivity index (χ2n) is 14.7. The second-order valence-corrected chi connectivity index (χ2v) is 14.7. The normalized spacial score (nSPS) is 11.7. The highest BCUT2D eigenvalue weighted by atomic mass is 16.3. The van der Waals surface area contributed by atoms with E-state index in [1.165, 1.54) is 21.5 Å². The molecule has 12 aromatic rings. The van der Waals surface area contributed by atoms with Gasteiger partial charge in [-0.1, -0.05) is 127 Å². The molecule has 7 heteroatoms. The molecule has 59 heavy (non-hydrogen) atoms. The largest absolute Gasteiger partial charge is 0.436 e. The molecule has 7 nitrogen and oxygen atoms in total. The maximum absolute atomic E-state index is 6.27. The van der Waals surface area contributed by atoms with E-state index in [-0.39, 0.29) is 0 Å². The van der Waals surface area contributed by atoms with Gasteiger partial charge in [0.2, 0.25) is 5.89 Å². The summed E-state index contributed by atoms with van der Waals surface area (Å²) in [6, 6.07) is 67.0. The van der Waals surface area contributed by atoms with Crippen LogP contribution in [0.2, 0.25) is 0 Å². The number of para-hydroxylation sites is 3. The number of benzene rings is 8. The molecule has 4 heterocycles. The van der Waals surface area contributed by atoms with E-state index in [1.807, 2.05) is 78.9 Å². The second kappa shape index (κ2) is 13.2. The van der Waals surface area contributed by atoms with Crippen LogP contribution in [-0.4, -0.2) is 29.1 Å². The van der Waals surface area contributed by atoms with E-state index in [1.54, 1.807) is 0 Å². The van der Waals surface area contributed by atoms with Crippen molar-refractivity contribution in [3.05, 3.63) is 194 Å². The van der Waals surface area contributed by atoms with Crippen molar-refractivity contribution < 1.29 is 4.42 Å². The Balaban J connectivity index is 1.08. The lowest BCUT2D eigenvalue weighted by Crippen LogP contribution is -2.01. The van der Waals surface area contributed by atoms with Crippen molar-refractivity contribution in [2.24, 2.45) is 0 Å². The van der Waals surface area contributed by atoms with E-state index in [0.717, 1.165) is 61.2 Å². The van der Waals surface area contributed by atoms with Crippen LogP contribution in [0.25, 0.3) is 112 Å². The van der Waals surface area contributed by atoms with E-state index in [2.05, 4.69) is 124 Å². The van der Waals surface area contributed by atoms with Gasteiger partial charge in [0.25, 0.3) is 0 Å². The maximum Gasteiger partial charge on any atom is 0.227 e. The summed E-state index contributed by atoms with van der Waals surface area (Å²) in [7, 11) is 0. The van der Waals surface area contributed by atoms with Crippen molar-refractivity contribution in [3.63, 3.8) is 0 Å². The standard InChI is InChI=1S/C52H32N6O/c1-4-15-33(16-5-1)49-54-50(56-51(55-49)36-27-30-43-46(32-36)59-52(53-43)34-17-6-2-7-18-34)35-19-14-22-38(31-35)58-45-26-13-11-24-40(45)42-29-28-41-39-23-10-12-25-44(39)57(47(41)48(42)58)37-20-8-3-9-21-37/h1-32H. The summed E-state index contributed by atoms with van der Waals surface area (Å²) in [5, 5.41) is 4.79. The highest BCUT2D eigenvalue weighted by Gasteiger charge is 2.22. The molecule has 0 bridgehead atoms. The van der Waals surface area contributed by atoms with Gasteiger partial charge < -0.3 is 13.6 Å². The van der Waals surface area contributed by atoms with Gasteiger partial charge in [-0.2, -0.15) is 0 Å². The number of rotatable bonds is 6. The Morgan fingerprint density at radius 2 is 0.831 bits per heavy atom. The molecule has 12 rings (SSSR count). The van der Waals surface area contributed by atoms with Crippen LogP contribution >= 0.6 is 0 Å². The minimum absolute atomic E-state index is 0.546. The number of oxazole rings is 1. The lowest BCUT2D eigenvalue weighted by Gasteiger charge is -2.14. The average Bonchev–Trinajstić information content (AvgIpc) is 4.00. The molecule has 0 fully saturated rings. The minimum atomic E-state index is 0.546. The lowest BCUT2D eigenvalue weighted by molar-refractivity contribution is 0.620. The Morgan fingerprint density at radius 3 is 1.47 bits per heavy atom. The Kier molecular flexibility index (Phi) is 7.40. The molecule has 4 aromatic heterocycles. The molecule has 0 atom stereocenters. The van der Waals surface area contributed by atoms with Gasteiger partial charge in [-0.25, -0.2) is 19.9 Å². The third-order valence-electron chi connectivity index (χ3n) is 11.2. The first-order chi connectivity index (χ1) is 29.2. The Morgan fingerprint density at radius 1 is 0.339 bits per heavy atom. The molecule has 0 N–H and O–H groups in total. The van der Waals surface area contributed by atoms with E-state index in [0.29, 0.717) is 28.9 Å². The van der Waals surface area contributed by atoms with Crippen LogP contribution in [0.1, 0.15) is 0 Å². The molecule has 0 spiro atoms. The Hall–Kier alpha value is -8.16. The van der Waals surface area contributed by atoms with Gasteiger partial charge >= 0.3 is 0 Å². The molecule has 0 aliphatic rings. The predicted molar refractivity (Wildman–Crippen MR) is 238 cm³/mol. The molecule has 0 saturated heterocycles. The van der Waals surface area contributed by atoms with Crippen LogP contribution in [-0.2, 0) is 0 Å². The molecule has 0 saturated carbocycles. The fourth-order valence-electron chi connectivity index (χ4n) is 8.52. The van der Waals surface area contributed by atoms with Gasteiger partial charge in [-0.3, -0.25) is 0 Å². The maximum atomic E-state index is 6.27. The van der Waals surface area contributed by atoms with Crippen LogP contribution in [0, 0.1) is 0 Å². The van der Waals surface area contributed by atoms with Gasteiger partial charge in [0, 0.05) is 55.2 Å². The summed E-state index contributed by atoms with van der Waals surface area (Å²) >= 11 is 0. The third kappa shape index (κ3) is 5.36. The number of nitrogens with zero attached hydrogens (tertiary/aromatic N) is 6. The zero-order valence-electron chi connectivity index (χ0n) is 31.6. The van der Waals surface area contributed by atoms with Gasteiger partial charge in [-0.15, -0.1) is 0 Å². The fourth-order valence-corrected chi connectivity index (χ4v) is 8.52. The molecule has 8 aromatic carbocycles. The zero-order valence-corrected chi connectivity index (χ0v) is 31.6. The fraction of sp³-hybridized carbons (Fsp3) is 0. The number of hydrogen-bond acceptors (Lipinski definition) is 5. The van der Waals surface area contributed by atoms with Crippen LogP contribution in [0.15, 0.2) is 199 Å². The minimum Gasteiger partial charge on any atom is -0.436 e. The number of hydrogen-bond donors (Lipinski definition) is 0. The topological polar surface area (TPSA) is 74.6 Å². The highest BCUT2D eigenvalue weighted by Crippen LogP contribution is 2.42. The SMILES string of the molecule is c1ccc(-c2nc(-c3cccc(-n4c5ccccc5c5ccc6c7ccccc7n(-c7ccccc7)c6c54)c3)nc(-c3ccc4nc(-c5ccccc5)oc4c3)n2)cc1. The van der Waals surface area contributed by atoms with Crippen molar-refractivity contribution >= 4 is 54.7 Å². The van der Waals surface area contributed by atoms with E-state index < -0.39 is 0 Å². The lowest BCUT2D eigenvalue weighted by atomic mass is 10.1. The van der Waals surface area contributed by atoms with Gasteiger partial charge in [0.1, 0.15) is 5.52 Å². The Labute approximate surface area is 338 Å². The summed E-state index contributed by atoms with van der Waals surface area (Å²) in [6.45, 7) is 0.